The molecule has 0 saturated carbocycles. The van der Waals surface area contributed by atoms with Crippen LogP contribution in [0.5, 0.6) is 0 Å². The Morgan fingerprint density at radius 2 is 2.08 bits per heavy atom. The number of rotatable bonds is 1. The monoisotopic (exact) mass is 205 g/mol. The van der Waals surface area contributed by atoms with E-state index >= 15 is 0 Å². The third-order valence-electron chi connectivity index (χ3n) is 1.65. The van der Waals surface area contributed by atoms with Crippen molar-refractivity contribution in [1.29, 1.82) is 0 Å². The molecule has 1 N–H and O–H groups in total. The molecule has 0 atom stereocenters. The molecule has 0 aliphatic heterocycles. The maximum absolute atomic E-state index is 12.9. The average Bonchev–Trinajstić information content (AvgIpc) is 2.13. The quantitative estimate of drug-likeness (QED) is 0.427. The molecule has 2 nitrogen and oxygen atoms in total. The highest BCUT2D eigenvalue weighted by Crippen LogP contribution is 2.17. The van der Waals surface area contributed by atoms with Crippen molar-refractivity contribution in [1.82, 2.24) is 0 Å². The summed E-state index contributed by atoms with van der Waals surface area (Å²) in [6, 6.07) is 2.17. The van der Waals surface area contributed by atoms with E-state index in [-0.39, 0.29) is 16.3 Å². The summed E-state index contributed by atoms with van der Waals surface area (Å²) in [6.07, 6.45) is 0. The number of oxime groups is 1. The van der Waals surface area contributed by atoms with Crippen molar-refractivity contribution < 1.29 is 14.0 Å². The van der Waals surface area contributed by atoms with Crippen LogP contribution in [0.1, 0.15) is 11.1 Å². The van der Waals surface area contributed by atoms with E-state index < -0.39 is 11.6 Å². The standard InChI is InChI=1S/C8H6ClF2NO/c1-4-5(8(9)12-13)2-3-6(10)7(4)11/h2-3,13H,1H3. The fourth-order valence-corrected chi connectivity index (χ4v) is 1.13. The number of hydrogen-bond acceptors (Lipinski definition) is 2. The van der Waals surface area contributed by atoms with Gasteiger partial charge < -0.3 is 5.21 Å². The molecule has 0 aromatic heterocycles. The van der Waals surface area contributed by atoms with Crippen LogP contribution in [-0.4, -0.2) is 10.4 Å². The third-order valence-corrected chi connectivity index (χ3v) is 1.93. The zero-order valence-corrected chi connectivity index (χ0v) is 7.44. The van der Waals surface area contributed by atoms with E-state index in [4.69, 9.17) is 16.8 Å². The lowest BCUT2D eigenvalue weighted by atomic mass is 10.1. The van der Waals surface area contributed by atoms with Gasteiger partial charge in [0.15, 0.2) is 16.8 Å². The second-order valence-electron chi connectivity index (χ2n) is 2.42. The molecule has 0 heterocycles. The average molecular weight is 206 g/mol. The Morgan fingerprint density at radius 1 is 1.46 bits per heavy atom. The van der Waals surface area contributed by atoms with Gasteiger partial charge in [-0.15, -0.1) is 0 Å². The fraction of sp³-hybridized carbons (Fsp3) is 0.125. The van der Waals surface area contributed by atoms with Crippen molar-refractivity contribution in [3.8, 4) is 0 Å². The van der Waals surface area contributed by atoms with Crippen LogP contribution >= 0.6 is 11.6 Å². The van der Waals surface area contributed by atoms with E-state index in [2.05, 4.69) is 5.16 Å². The maximum Gasteiger partial charge on any atom is 0.175 e. The van der Waals surface area contributed by atoms with Crippen LogP contribution in [0.25, 0.3) is 0 Å². The van der Waals surface area contributed by atoms with Gasteiger partial charge in [0, 0.05) is 5.56 Å². The smallest absolute Gasteiger partial charge is 0.175 e. The first-order chi connectivity index (χ1) is 6.07. The lowest BCUT2D eigenvalue weighted by molar-refractivity contribution is 0.320. The van der Waals surface area contributed by atoms with Gasteiger partial charge in [-0.1, -0.05) is 16.8 Å². The Labute approximate surface area is 78.4 Å². The van der Waals surface area contributed by atoms with Gasteiger partial charge >= 0.3 is 0 Å². The van der Waals surface area contributed by atoms with Gasteiger partial charge in [0.2, 0.25) is 0 Å². The maximum atomic E-state index is 12.9. The topological polar surface area (TPSA) is 32.6 Å². The van der Waals surface area contributed by atoms with Crippen LogP contribution in [0.15, 0.2) is 17.3 Å². The number of benzene rings is 1. The van der Waals surface area contributed by atoms with Gasteiger partial charge in [0.1, 0.15) is 0 Å². The molecule has 1 rings (SSSR count). The van der Waals surface area contributed by atoms with Crippen molar-refractivity contribution in [2.24, 2.45) is 5.16 Å². The van der Waals surface area contributed by atoms with Crippen molar-refractivity contribution in [3.05, 3.63) is 34.9 Å². The molecule has 0 amide bonds. The number of halogens is 3. The van der Waals surface area contributed by atoms with Crippen molar-refractivity contribution in [2.75, 3.05) is 0 Å². The highest BCUT2D eigenvalue weighted by atomic mass is 35.5. The molecule has 0 unspecified atom stereocenters. The normalized spacial score (nSPS) is 11.8. The molecule has 0 radical (unpaired) electrons. The summed E-state index contributed by atoms with van der Waals surface area (Å²) < 4.78 is 25.5. The van der Waals surface area contributed by atoms with E-state index in [9.17, 15) is 8.78 Å². The lowest BCUT2D eigenvalue weighted by Crippen LogP contribution is -2.00. The number of nitrogens with zero attached hydrogens (tertiary/aromatic N) is 1. The van der Waals surface area contributed by atoms with Crippen molar-refractivity contribution in [3.63, 3.8) is 0 Å². The van der Waals surface area contributed by atoms with Gasteiger partial charge in [-0.2, -0.15) is 0 Å². The summed E-state index contributed by atoms with van der Waals surface area (Å²) >= 11 is 5.43. The third kappa shape index (κ3) is 1.78. The Kier molecular flexibility index (Phi) is 2.83. The second-order valence-corrected chi connectivity index (χ2v) is 2.78. The predicted octanol–water partition coefficient (Wildman–Crippen LogP) is 2.65. The molecule has 0 aliphatic carbocycles. The first kappa shape index (κ1) is 9.92. The van der Waals surface area contributed by atoms with Crippen LogP contribution in [0.3, 0.4) is 0 Å². The van der Waals surface area contributed by atoms with Crippen LogP contribution < -0.4 is 0 Å². The molecular formula is C8H6ClF2NO. The first-order valence-electron chi connectivity index (χ1n) is 3.40. The summed E-state index contributed by atoms with van der Waals surface area (Å²) in [5.74, 6) is -1.94. The van der Waals surface area contributed by atoms with Crippen LogP contribution in [0.4, 0.5) is 8.78 Å². The molecule has 0 aliphatic rings. The molecule has 0 saturated heterocycles. The van der Waals surface area contributed by atoms with E-state index in [1.165, 1.54) is 13.0 Å². The molecule has 1 aromatic carbocycles. The highest BCUT2D eigenvalue weighted by Gasteiger charge is 2.12. The van der Waals surface area contributed by atoms with E-state index in [0.29, 0.717) is 0 Å². The summed E-state index contributed by atoms with van der Waals surface area (Å²) in [4.78, 5) is 0. The Balaban J connectivity index is 3.34. The molecule has 1 aromatic rings. The zero-order valence-electron chi connectivity index (χ0n) is 6.68. The fourth-order valence-electron chi connectivity index (χ4n) is 0.929. The van der Waals surface area contributed by atoms with Crippen LogP contribution in [0, 0.1) is 18.6 Å². The van der Waals surface area contributed by atoms with Gasteiger partial charge in [-0.25, -0.2) is 8.78 Å². The van der Waals surface area contributed by atoms with Crippen LogP contribution in [-0.2, 0) is 0 Å². The molecular weight excluding hydrogens is 200 g/mol. The Hall–Kier alpha value is -1.16. The molecule has 0 fully saturated rings. The molecule has 0 bridgehead atoms. The van der Waals surface area contributed by atoms with E-state index in [0.717, 1.165) is 6.07 Å². The largest absolute Gasteiger partial charge is 0.410 e. The molecule has 70 valence electrons. The summed E-state index contributed by atoms with van der Waals surface area (Å²) in [7, 11) is 0. The van der Waals surface area contributed by atoms with Gasteiger partial charge in [0.05, 0.1) is 0 Å². The lowest BCUT2D eigenvalue weighted by Gasteiger charge is -2.03. The second kappa shape index (κ2) is 3.70. The van der Waals surface area contributed by atoms with Crippen molar-refractivity contribution in [2.45, 2.75) is 6.92 Å². The zero-order chi connectivity index (χ0) is 10.0. The minimum Gasteiger partial charge on any atom is -0.410 e. The summed E-state index contributed by atoms with van der Waals surface area (Å²) in [5, 5.41) is 10.7. The SMILES string of the molecule is Cc1c(C(Cl)=NO)ccc(F)c1F. The van der Waals surface area contributed by atoms with Gasteiger partial charge in [-0.3, -0.25) is 0 Å². The summed E-state index contributed by atoms with van der Waals surface area (Å²) in [5.41, 5.74) is 0.186. The minimum absolute atomic E-state index is 0.0165. The van der Waals surface area contributed by atoms with Gasteiger partial charge in [-0.05, 0) is 24.6 Å². The molecule has 0 spiro atoms. The van der Waals surface area contributed by atoms with E-state index in [1.54, 1.807) is 0 Å². The Bertz CT molecular complexity index is 365. The Morgan fingerprint density at radius 3 is 2.62 bits per heavy atom. The highest BCUT2D eigenvalue weighted by molar-refractivity contribution is 6.69. The van der Waals surface area contributed by atoms with Crippen LogP contribution in [0.2, 0.25) is 0 Å². The predicted molar refractivity (Wildman–Crippen MR) is 45.3 cm³/mol. The first-order valence-corrected chi connectivity index (χ1v) is 3.78. The number of hydrogen-bond donors (Lipinski definition) is 1. The van der Waals surface area contributed by atoms with Gasteiger partial charge in [0.25, 0.3) is 0 Å². The minimum atomic E-state index is -0.987. The molecule has 5 heteroatoms. The molecule has 13 heavy (non-hydrogen) atoms. The van der Waals surface area contributed by atoms with Crippen molar-refractivity contribution >= 4 is 16.8 Å². The summed E-state index contributed by atoms with van der Waals surface area (Å²) in [6.45, 7) is 1.35. The van der Waals surface area contributed by atoms with E-state index in [1.807, 2.05) is 0 Å².